The highest BCUT2D eigenvalue weighted by molar-refractivity contribution is 5.79. The van der Waals surface area contributed by atoms with Crippen LogP contribution in [0.2, 0.25) is 0 Å². The van der Waals surface area contributed by atoms with Gasteiger partial charge in [-0.25, -0.2) is 0 Å². The molecule has 0 unspecified atom stereocenters. The van der Waals surface area contributed by atoms with E-state index in [2.05, 4.69) is 0 Å². The maximum atomic E-state index is 11.9. The molecule has 5 nitrogen and oxygen atoms in total. The number of benzene rings is 1. The minimum absolute atomic E-state index is 0.0166. The van der Waals surface area contributed by atoms with Gasteiger partial charge in [0.2, 0.25) is 0 Å². The third kappa shape index (κ3) is 2.64. The molecular formula is C15H20N2O3. The number of carbonyl (C=O) groups excluding carboxylic acids is 1. The number of nitrogens with two attached hydrogens (primary N) is 1. The topological polar surface area (TPSA) is 75.8 Å². The highest BCUT2D eigenvalue weighted by Crippen LogP contribution is 2.44. The molecule has 0 aromatic heterocycles. The largest absolute Gasteiger partial charge is 0.484 e. The standard InChI is InChI=1S/C15H20N2O3/c16-7-11-1-5-13(6-2-11)20-8-14(18)17-9-15(19,10-17)12-3-4-12/h1-2,5-6,12,19H,3-4,7-10,16H2. The van der Waals surface area contributed by atoms with Crippen molar-refractivity contribution in [3.05, 3.63) is 29.8 Å². The van der Waals surface area contributed by atoms with Crippen molar-refractivity contribution in [3.63, 3.8) is 0 Å². The zero-order valence-electron chi connectivity index (χ0n) is 11.4. The monoisotopic (exact) mass is 276 g/mol. The Bertz CT molecular complexity index is 490. The van der Waals surface area contributed by atoms with E-state index in [4.69, 9.17) is 10.5 Å². The van der Waals surface area contributed by atoms with Crippen molar-refractivity contribution in [1.82, 2.24) is 4.90 Å². The molecule has 1 aliphatic heterocycles. The molecule has 1 saturated carbocycles. The van der Waals surface area contributed by atoms with Crippen molar-refractivity contribution in [2.24, 2.45) is 11.7 Å². The van der Waals surface area contributed by atoms with E-state index >= 15 is 0 Å². The molecule has 1 aromatic rings. The predicted molar refractivity (Wildman–Crippen MR) is 74.1 cm³/mol. The zero-order chi connectivity index (χ0) is 14.2. The number of rotatable bonds is 5. The first kappa shape index (κ1) is 13.4. The number of aliphatic hydroxyl groups is 1. The first-order valence-electron chi connectivity index (χ1n) is 7.03. The number of carbonyl (C=O) groups is 1. The smallest absolute Gasteiger partial charge is 0.260 e. The molecule has 0 radical (unpaired) electrons. The Morgan fingerprint density at radius 3 is 2.55 bits per heavy atom. The van der Waals surface area contributed by atoms with Gasteiger partial charge in [0.15, 0.2) is 6.61 Å². The summed E-state index contributed by atoms with van der Waals surface area (Å²) in [6.45, 7) is 1.41. The number of ether oxygens (including phenoxy) is 1. The lowest BCUT2D eigenvalue weighted by molar-refractivity contribution is -0.161. The Hall–Kier alpha value is -1.59. The summed E-state index contributed by atoms with van der Waals surface area (Å²) in [6.07, 6.45) is 2.17. The van der Waals surface area contributed by atoms with Crippen molar-refractivity contribution in [2.75, 3.05) is 19.7 Å². The van der Waals surface area contributed by atoms with Crippen molar-refractivity contribution >= 4 is 5.91 Å². The van der Waals surface area contributed by atoms with Gasteiger partial charge in [-0.15, -0.1) is 0 Å². The second kappa shape index (κ2) is 5.07. The van der Waals surface area contributed by atoms with E-state index in [0.717, 1.165) is 18.4 Å². The van der Waals surface area contributed by atoms with Gasteiger partial charge in [0.25, 0.3) is 5.91 Å². The summed E-state index contributed by atoms with van der Waals surface area (Å²) in [4.78, 5) is 13.6. The highest BCUT2D eigenvalue weighted by atomic mass is 16.5. The van der Waals surface area contributed by atoms with Crippen LogP contribution >= 0.6 is 0 Å². The van der Waals surface area contributed by atoms with E-state index in [1.165, 1.54) is 0 Å². The molecule has 20 heavy (non-hydrogen) atoms. The molecule has 1 aromatic carbocycles. The van der Waals surface area contributed by atoms with Crippen LogP contribution in [-0.4, -0.2) is 41.2 Å². The molecule has 108 valence electrons. The van der Waals surface area contributed by atoms with Gasteiger partial charge in [0, 0.05) is 6.54 Å². The Labute approximate surface area is 118 Å². The van der Waals surface area contributed by atoms with Crippen LogP contribution in [-0.2, 0) is 11.3 Å². The molecule has 3 N–H and O–H groups in total. The van der Waals surface area contributed by atoms with Crippen LogP contribution < -0.4 is 10.5 Å². The van der Waals surface area contributed by atoms with E-state index in [1.807, 2.05) is 24.3 Å². The lowest BCUT2D eigenvalue weighted by atomic mass is 9.89. The van der Waals surface area contributed by atoms with Crippen LogP contribution in [0.25, 0.3) is 0 Å². The summed E-state index contributed by atoms with van der Waals surface area (Å²) >= 11 is 0. The van der Waals surface area contributed by atoms with Crippen molar-refractivity contribution in [1.29, 1.82) is 0 Å². The summed E-state index contributed by atoms with van der Waals surface area (Å²) in [5.41, 5.74) is 5.92. The number of likely N-dealkylation sites (tertiary alicyclic amines) is 1. The minimum Gasteiger partial charge on any atom is -0.484 e. The van der Waals surface area contributed by atoms with E-state index in [0.29, 0.717) is 31.3 Å². The van der Waals surface area contributed by atoms with Gasteiger partial charge in [-0.2, -0.15) is 0 Å². The van der Waals surface area contributed by atoms with Gasteiger partial charge >= 0.3 is 0 Å². The maximum absolute atomic E-state index is 11.9. The van der Waals surface area contributed by atoms with Gasteiger partial charge in [-0.1, -0.05) is 12.1 Å². The predicted octanol–water partition coefficient (Wildman–Crippen LogP) is 0.507. The quantitative estimate of drug-likeness (QED) is 0.821. The second-order valence-corrected chi connectivity index (χ2v) is 5.76. The van der Waals surface area contributed by atoms with Crippen LogP contribution in [0.15, 0.2) is 24.3 Å². The minimum atomic E-state index is -0.627. The Morgan fingerprint density at radius 1 is 1.35 bits per heavy atom. The summed E-state index contributed by atoms with van der Waals surface area (Å²) in [5, 5.41) is 10.2. The fraction of sp³-hybridized carbons (Fsp3) is 0.533. The molecule has 1 heterocycles. The van der Waals surface area contributed by atoms with Crippen LogP contribution in [0.1, 0.15) is 18.4 Å². The SMILES string of the molecule is NCc1ccc(OCC(=O)N2CC(O)(C3CC3)C2)cc1. The number of β-amino-alcohol motifs (C(OH)–C–C–N with tert-alkyl or cyclic N) is 1. The molecule has 3 rings (SSSR count). The molecule has 2 aliphatic rings. The van der Waals surface area contributed by atoms with Gasteiger partial charge in [0.1, 0.15) is 11.4 Å². The lowest BCUT2D eigenvalue weighted by Gasteiger charge is -2.46. The number of nitrogens with zero attached hydrogens (tertiary/aromatic N) is 1. The Morgan fingerprint density at radius 2 is 2.00 bits per heavy atom. The second-order valence-electron chi connectivity index (χ2n) is 5.76. The summed E-state index contributed by atoms with van der Waals surface area (Å²) < 4.78 is 5.45. The van der Waals surface area contributed by atoms with Crippen LogP contribution in [0.5, 0.6) is 5.75 Å². The molecular weight excluding hydrogens is 256 g/mol. The Balaban J connectivity index is 1.45. The molecule has 0 bridgehead atoms. The fourth-order valence-corrected chi connectivity index (χ4v) is 2.63. The third-order valence-corrected chi connectivity index (χ3v) is 4.14. The molecule has 0 atom stereocenters. The van der Waals surface area contributed by atoms with Crippen LogP contribution in [0.4, 0.5) is 0 Å². The van der Waals surface area contributed by atoms with E-state index < -0.39 is 5.60 Å². The van der Waals surface area contributed by atoms with Gasteiger partial charge in [-0.3, -0.25) is 4.79 Å². The van der Waals surface area contributed by atoms with E-state index in [1.54, 1.807) is 4.90 Å². The molecule has 1 aliphatic carbocycles. The van der Waals surface area contributed by atoms with Crippen molar-refractivity contribution in [2.45, 2.75) is 25.0 Å². The Kier molecular flexibility index (Phi) is 3.40. The lowest BCUT2D eigenvalue weighted by Crippen LogP contribution is -2.65. The van der Waals surface area contributed by atoms with E-state index in [-0.39, 0.29) is 12.5 Å². The van der Waals surface area contributed by atoms with Crippen LogP contribution in [0.3, 0.4) is 0 Å². The van der Waals surface area contributed by atoms with Gasteiger partial charge in [0.05, 0.1) is 13.1 Å². The van der Waals surface area contributed by atoms with E-state index in [9.17, 15) is 9.90 Å². The average Bonchev–Trinajstić information content (AvgIpc) is 3.26. The molecule has 0 spiro atoms. The normalized spacial score (nSPS) is 20.4. The first-order chi connectivity index (χ1) is 9.60. The molecule has 1 saturated heterocycles. The van der Waals surface area contributed by atoms with Gasteiger partial charge in [-0.05, 0) is 36.5 Å². The first-order valence-corrected chi connectivity index (χ1v) is 7.03. The number of hydrogen-bond donors (Lipinski definition) is 2. The molecule has 5 heteroatoms. The third-order valence-electron chi connectivity index (χ3n) is 4.14. The molecule has 1 amide bonds. The van der Waals surface area contributed by atoms with Crippen molar-refractivity contribution in [3.8, 4) is 5.75 Å². The summed E-state index contributed by atoms with van der Waals surface area (Å²) in [5.74, 6) is 0.989. The average molecular weight is 276 g/mol. The molecule has 2 fully saturated rings. The van der Waals surface area contributed by atoms with Crippen molar-refractivity contribution < 1.29 is 14.6 Å². The number of hydrogen-bond acceptors (Lipinski definition) is 4. The highest BCUT2D eigenvalue weighted by Gasteiger charge is 2.53. The zero-order valence-corrected chi connectivity index (χ0v) is 11.4. The summed E-state index contributed by atoms with van der Waals surface area (Å²) in [6, 6.07) is 7.39. The number of amides is 1. The van der Waals surface area contributed by atoms with Gasteiger partial charge < -0.3 is 20.5 Å². The maximum Gasteiger partial charge on any atom is 0.260 e. The fourth-order valence-electron chi connectivity index (χ4n) is 2.63. The van der Waals surface area contributed by atoms with Crippen LogP contribution in [0, 0.1) is 5.92 Å². The summed E-state index contributed by atoms with van der Waals surface area (Å²) in [7, 11) is 0.